The van der Waals surface area contributed by atoms with Crippen molar-refractivity contribution in [1.29, 1.82) is 0 Å². The minimum absolute atomic E-state index is 0.120. The zero-order valence-corrected chi connectivity index (χ0v) is 13.9. The van der Waals surface area contributed by atoms with Gasteiger partial charge in [-0.1, -0.05) is 51.8 Å². The van der Waals surface area contributed by atoms with Gasteiger partial charge in [0.2, 0.25) is 0 Å². The van der Waals surface area contributed by atoms with E-state index in [9.17, 15) is 0 Å². The van der Waals surface area contributed by atoms with Crippen molar-refractivity contribution >= 4 is 38.5 Å². The number of furan rings is 1. The minimum Gasteiger partial charge on any atom is -0.458 e. The van der Waals surface area contributed by atoms with Gasteiger partial charge in [0.1, 0.15) is 5.76 Å². The summed E-state index contributed by atoms with van der Waals surface area (Å²) in [5.74, 6) is 0.906. The zero-order valence-electron chi connectivity index (χ0n) is 11.6. The minimum atomic E-state index is 0.120. The van der Waals surface area contributed by atoms with Gasteiger partial charge in [-0.2, -0.15) is 0 Å². The van der Waals surface area contributed by atoms with Crippen LogP contribution in [0.3, 0.4) is 0 Å². The maximum Gasteiger partial charge on any atom is 0.152 e. The number of rotatable bonds is 4. The van der Waals surface area contributed by atoms with Crippen LogP contribution in [0.2, 0.25) is 5.02 Å². The molecular formula is C17H15BrClNO. The maximum absolute atomic E-state index is 6.18. The highest BCUT2D eigenvalue weighted by Crippen LogP contribution is 2.30. The van der Waals surface area contributed by atoms with Crippen molar-refractivity contribution in [3.05, 3.63) is 69.3 Å². The molecule has 21 heavy (non-hydrogen) atoms. The fraction of sp³-hybridized carbons (Fsp3) is 0.176. The van der Waals surface area contributed by atoms with Crippen LogP contribution in [0.1, 0.15) is 17.4 Å². The van der Waals surface area contributed by atoms with Crippen LogP contribution in [-0.4, -0.2) is 7.05 Å². The molecule has 1 N–H and O–H groups in total. The maximum atomic E-state index is 6.18. The van der Waals surface area contributed by atoms with Crippen molar-refractivity contribution < 1.29 is 4.42 Å². The van der Waals surface area contributed by atoms with Gasteiger partial charge in [0.25, 0.3) is 0 Å². The molecule has 0 bridgehead atoms. The summed E-state index contributed by atoms with van der Waals surface area (Å²) < 4.78 is 7.03. The van der Waals surface area contributed by atoms with Crippen LogP contribution in [0.25, 0.3) is 11.0 Å². The fourth-order valence-electron chi connectivity index (χ4n) is 2.42. The van der Waals surface area contributed by atoms with Crippen LogP contribution in [0, 0.1) is 0 Å². The van der Waals surface area contributed by atoms with Crippen molar-refractivity contribution in [3.8, 4) is 0 Å². The van der Waals surface area contributed by atoms with Crippen LogP contribution < -0.4 is 5.32 Å². The first-order chi connectivity index (χ1) is 10.2. The third-order valence-corrected chi connectivity index (χ3v) is 4.39. The molecule has 0 aliphatic rings. The lowest BCUT2D eigenvalue weighted by molar-refractivity contribution is 0.451. The second-order valence-electron chi connectivity index (χ2n) is 4.98. The van der Waals surface area contributed by atoms with Crippen LogP contribution in [0.4, 0.5) is 0 Å². The number of para-hydroxylation sites is 1. The Labute approximate surface area is 137 Å². The molecule has 0 saturated carbocycles. The van der Waals surface area contributed by atoms with E-state index in [0.29, 0.717) is 5.02 Å². The van der Waals surface area contributed by atoms with Gasteiger partial charge in [-0.05, 0) is 43.3 Å². The van der Waals surface area contributed by atoms with E-state index in [4.69, 9.17) is 16.0 Å². The number of hydrogen-bond acceptors (Lipinski definition) is 2. The second kappa shape index (κ2) is 6.22. The van der Waals surface area contributed by atoms with Gasteiger partial charge in [0.05, 0.1) is 11.1 Å². The standard InChI is InChI=1S/C17H15BrClNO/c1-20-15(9-11-5-7-13(18)8-6-11)16-10-12-3-2-4-14(19)17(12)21-16/h2-8,10,15,20H,9H2,1H3. The zero-order chi connectivity index (χ0) is 14.8. The molecule has 0 aliphatic heterocycles. The number of likely N-dealkylation sites (N-methyl/N-ethyl adjacent to an activating group) is 1. The lowest BCUT2D eigenvalue weighted by Gasteiger charge is -2.13. The molecule has 1 aromatic heterocycles. The van der Waals surface area contributed by atoms with Crippen LogP contribution >= 0.6 is 27.5 Å². The topological polar surface area (TPSA) is 25.2 Å². The van der Waals surface area contributed by atoms with Crippen LogP contribution in [-0.2, 0) is 6.42 Å². The molecule has 0 spiro atoms. The average Bonchev–Trinajstić information content (AvgIpc) is 2.92. The normalized spacial score (nSPS) is 12.7. The summed E-state index contributed by atoms with van der Waals surface area (Å²) in [4.78, 5) is 0. The van der Waals surface area contributed by atoms with Crippen molar-refractivity contribution in [2.75, 3.05) is 7.05 Å². The summed E-state index contributed by atoms with van der Waals surface area (Å²) in [7, 11) is 1.94. The molecule has 4 heteroatoms. The van der Waals surface area contributed by atoms with Crippen LogP contribution in [0.15, 0.2) is 57.4 Å². The number of hydrogen-bond donors (Lipinski definition) is 1. The van der Waals surface area contributed by atoms with Gasteiger partial charge in [0, 0.05) is 9.86 Å². The Bertz CT molecular complexity index is 751. The Hall–Kier alpha value is -1.29. The summed E-state index contributed by atoms with van der Waals surface area (Å²) in [5, 5.41) is 5.00. The molecular weight excluding hydrogens is 350 g/mol. The Morgan fingerprint density at radius 3 is 2.62 bits per heavy atom. The van der Waals surface area contributed by atoms with Crippen molar-refractivity contribution in [1.82, 2.24) is 5.32 Å². The summed E-state index contributed by atoms with van der Waals surface area (Å²) in [6.45, 7) is 0. The third-order valence-electron chi connectivity index (χ3n) is 3.56. The van der Waals surface area contributed by atoms with E-state index in [1.807, 2.05) is 25.2 Å². The predicted octanol–water partition coefficient (Wildman–Crippen LogP) is 5.35. The molecule has 0 saturated heterocycles. The van der Waals surface area contributed by atoms with Gasteiger partial charge in [0.15, 0.2) is 5.58 Å². The average molecular weight is 365 g/mol. The Morgan fingerprint density at radius 2 is 1.95 bits per heavy atom. The Balaban J connectivity index is 1.90. The first kappa shape index (κ1) is 14.6. The molecule has 3 rings (SSSR count). The molecule has 0 amide bonds. The Kier molecular flexibility index (Phi) is 4.34. The first-order valence-corrected chi connectivity index (χ1v) is 7.94. The molecule has 0 aliphatic carbocycles. The number of nitrogens with one attached hydrogen (secondary N) is 1. The molecule has 1 atom stereocenters. The van der Waals surface area contributed by atoms with E-state index >= 15 is 0 Å². The fourth-order valence-corrected chi connectivity index (χ4v) is 2.91. The van der Waals surface area contributed by atoms with E-state index in [1.54, 1.807) is 0 Å². The third kappa shape index (κ3) is 3.15. The molecule has 3 aromatic rings. The number of halogens is 2. The van der Waals surface area contributed by atoms with E-state index in [0.717, 1.165) is 27.6 Å². The lowest BCUT2D eigenvalue weighted by Crippen LogP contribution is -2.18. The molecule has 2 nitrogen and oxygen atoms in total. The van der Waals surface area contributed by atoms with Crippen molar-refractivity contribution in [2.45, 2.75) is 12.5 Å². The largest absolute Gasteiger partial charge is 0.458 e. The smallest absolute Gasteiger partial charge is 0.152 e. The van der Waals surface area contributed by atoms with Crippen molar-refractivity contribution in [2.24, 2.45) is 0 Å². The predicted molar refractivity (Wildman–Crippen MR) is 90.9 cm³/mol. The molecule has 1 heterocycles. The summed E-state index contributed by atoms with van der Waals surface area (Å²) in [6, 6.07) is 16.3. The van der Waals surface area contributed by atoms with E-state index in [1.165, 1.54) is 5.56 Å². The molecule has 1 unspecified atom stereocenters. The van der Waals surface area contributed by atoms with Gasteiger partial charge < -0.3 is 9.73 Å². The quantitative estimate of drug-likeness (QED) is 0.675. The molecule has 0 fully saturated rings. The summed E-state index contributed by atoms with van der Waals surface area (Å²) in [5.41, 5.74) is 2.01. The summed E-state index contributed by atoms with van der Waals surface area (Å²) in [6.07, 6.45) is 0.862. The van der Waals surface area contributed by atoms with Crippen LogP contribution in [0.5, 0.6) is 0 Å². The van der Waals surface area contributed by atoms with E-state index in [-0.39, 0.29) is 6.04 Å². The molecule has 2 aromatic carbocycles. The highest BCUT2D eigenvalue weighted by molar-refractivity contribution is 9.10. The lowest BCUT2D eigenvalue weighted by atomic mass is 10.0. The van der Waals surface area contributed by atoms with E-state index < -0.39 is 0 Å². The number of fused-ring (bicyclic) bond motifs is 1. The first-order valence-electron chi connectivity index (χ1n) is 6.77. The molecule has 0 radical (unpaired) electrons. The SMILES string of the molecule is CNC(Cc1ccc(Br)cc1)c1cc2cccc(Cl)c2o1. The van der Waals surface area contributed by atoms with Gasteiger partial charge in [-0.15, -0.1) is 0 Å². The van der Waals surface area contributed by atoms with Gasteiger partial charge >= 0.3 is 0 Å². The van der Waals surface area contributed by atoms with Gasteiger partial charge in [-0.3, -0.25) is 0 Å². The van der Waals surface area contributed by atoms with E-state index in [2.05, 4.69) is 51.6 Å². The van der Waals surface area contributed by atoms with Crippen molar-refractivity contribution in [3.63, 3.8) is 0 Å². The van der Waals surface area contributed by atoms with Gasteiger partial charge in [-0.25, -0.2) is 0 Å². The summed E-state index contributed by atoms with van der Waals surface area (Å²) >= 11 is 9.63. The molecule has 108 valence electrons. The number of benzene rings is 2. The second-order valence-corrected chi connectivity index (χ2v) is 6.30. The highest BCUT2D eigenvalue weighted by atomic mass is 79.9. The Morgan fingerprint density at radius 1 is 1.19 bits per heavy atom. The highest BCUT2D eigenvalue weighted by Gasteiger charge is 2.16. The monoisotopic (exact) mass is 363 g/mol.